The van der Waals surface area contributed by atoms with Gasteiger partial charge in [0.1, 0.15) is 11.6 Å². The summed E-state index contributed by atoms with van der Waals surface area (Å²) in [5.41, 5.74) is 0.232. The van der Waals surface area contributed by atoms with Crippen molar-refractivity contribution < 1.29 is 19.4 Å². The van der Waals surface area contributed by atoms with Crippen LogP contribution in [0.1, 0.15) is 18.4 Å². The Balaban J connectivity index is 3.19. The molecule has 5 heteroatoms. The van der Waals surface area contributed by atoms with Crippen molar-refractivity contribution in [2.75, 3.05) is 0 Å². The first-order valence-electron chi connectivity index (χ1n) is 3.84. The molecule has 0 aliphatic carbocycles. The molecule has 0 aliphatic heterocycles. The van der Waals surface area contributed by atoms with Gasteiger partial charge in [0.2, 0.25) is 0 Å². The maximum Gasteiger partial charge on any atom is 0.310 e. The molecule has 0 bridgehead atoms. The third-order valence-electron chi connectivity index (χ3n) is 1.90. The smallest absolute Gasteiger partial charge is 0.310 e. The van der Waals surface area contributed by atoms with Crippen LogP contribution in [0.4, 0.5) is 4.39 Å². The molecule has 14 heavy (non-hydrogen) atoms. The summed E-state index contributed by atoms with van der Waals surface area (Å²) in [6.45, 7) is 1.42. The number of aromatic hydroxyl groups is 1. The molecule has 1 unspecified atom stereocenters. The highest BCUT2D eigenvalue weighted by Crippen LogP contribution is 2.30. The summed E-state index contributed by atoms with van der Waals surface area (Å²) in [5, 5.41) is 17.9. The number of carbonyl (C=O) groups is 1. The summed E-state index contributed by atoms with van der Waals surface area (Å²) in [7, 11) is 0. The van der Waals surface area contributed by atoms with Gasteiger partial charge in [-0.15, -0.1) is 0 Å². The molecule has 1 atom stereocenters. The molecule has 0 heterocycles. The minimum Gasteiger partial charge on any atom is -0.507 e. The summed E-state index contributed by atoms with van der Waals surface area (Å²) in [6, 6.07) is 2.31. The number of phenols is 1. The standard InChI is InChI=1S/C9H8BrFO3/c1-4(9(13)14)5-2-6(11)8(10)7(12)3-5/h2-4,12H,1H3,(H,13,14). The van der Waals surface area contributed by atoms with Gasteiger partial charge in [0.15, 0.2) is 0 Å². The Labute approximate surface area is 88.3 Å². The fourth-order valence-corrected chi connectivity index (χ4v) is 1.22. The second kappa shape index (κ2) is 3.96. The Morgan fingerprint density at radius 2 is 2.14 bits per heavy atom. The number of phenolic OH excluding ortho intramolecular Hbond substituents is 1. The largest absolute Gasteiger partial charge is 0.507 e. The Hall–Kier alpha value is -1.10. The van der Waals surface area contributed by atoms with Crippen LogP contribution in [0.25, 0.3) is 0 Å². The maximum absolute atomic E-state index is 13.1. The van der Waals surface area contributed by atoms with E-state index in [0.29, 0.717) is 0 Å². The van der Waals surface area contributed by atoms with Gasteiger partial charge < -0.3 is 10.2 Å². The van der Waals surface area contributed by atoms with E-state index in [1.807, 2.05) is 0 Å². The molecule has 0 saturated carbocycles. The van der Waals surface area contributed by atoms with Gasteiger partial charge in [0, 0.05) is 0 Å². The quantitative estimate of drug-likeness (QED) is 0.861. The Kier molecular flexibility index (Phi) is 3.10. The molecule has 76 valence electrons. The van der Waals surface area contributed by atoms with Gasteiger partial charge in [-0.2, -0.15) is 0 Å². The van der Waals surface area contributed by atoms with Crippen molar-refractivity contribution in [3.63, 3.8) is 0 Å². The maximum atomic E-state index is 13.1. The van der Waals surface area contributed by atoms with Gasteiger partial charge in [0.05, 0.1) is 10.4 Å². The van der Waals surface area contributed by atoms with Crippen LogP contribution in [-0.4, -0.2) is 16.2 Å². The van der Waals surface area contributed by atoms with Crippen molar-refractivity contribution in [3.05, 3.63) is 28.0 Å². The number of aliphatic carboxylic acids is 1. The number of halogens is 2. The minimum absolute atomic E-state index is 0.0566. The van der Waals surface area contributed by atoms with Crippen molar-refractivity contribution in [1.29, 1.82) is 0 Å². The van der Waals surface area contributed by atoms with Gasteiger partial charge in [-0.25, -0.2) is 4.39 Å². The van der Waals surface area contributed by atoms with Gasteiger partial charge >= 0.3 is 5.97 Å². The average molecular weight is 263 g/mol. The van der Waals surface area contributed by atoms with E-state index < -0.39 is 17.7 Å². The lowest BCUT2D eigenvalue weighted by molar-refractivity contribution is -0.138. The highest BCUT2D eigenvalue weighted by molar-refractivity contribution is 9.10. The second-order valence-corrected chi connectivity index (χ2v) is 3.69. The predicted molar refractivity (Wildman–Crippen MR) is 51.8 cm³/mol. The normalized spacial score (nSPS) is 12.5. The van der Waals surface area contributed by atoms with Gasteiger partial charge in [-0.1, -0.05) is 0 Å². The molecule has 0 saturated heterocycles. The zero-order valence-corrected chi connectivity index (χ0v) is 8.88. The number of hydrogen-bond acceptors (Lipinski definition) is 2. The van der Waals surface area contributed by atoms with Crippen LogP contribution in [0.3, 0.4) is 0 Å². The van der Waals surface area contributed by atoms with E-state index in [2.05, 4.69) is 15.9 Å². The lowest BCUT2D eigenvalue weighted by Crippen LogP contribution is -2.07. The monoisotopic (exact) mass is 262 g/mol. The topological polar surface area (TPSA) is 57.5 Å². The van der Waals surface area contributed by atoms with Crippen molar-refractivity contribution >= 4 is 21.9 Å². The first-order valence-corrected chi connectivity index (χ1v) is 4.63. The van der Waals surface area contributed by atoms with E-state index in [-0.39, 0.29) is 15.8 Å². The number of carboxylic acid groups (broad SMARTS) is 1. The number of hydrogen-bond donors (Lipinski definition) is 2. The van der Waals surface area contributed by atoms with E-state index in [1.54, 1.807) is 0 Å². The fourth-order valence-electron chi connectivity index (χ4n) is 0.988. The first-order chi connectivity index (χ1) is 6.43. The van der Waals surface area contributed by atoms with E-state index >= 15 is 0 Å². The third kappa shape index (κ3) is 2.04. The lowest BCUT2D eigenvalue weighted by atomic mass is 10.0. The Bertz CT molecular complexity index is 355. The average Bonchev–Trinajstić information content (AvgIpc) is 2.12. The van der Waals surface area contributed by atoms with Crippen LogP contribution >= 0.6 is 15.9 Å². The molecule has 0 aromatic heterocycles. The molecule has 3 nitrogen and oxygen atoms in total. The Morgan fingerprint density at radius 1 is 1.57 bits per heavy atom. The first kappa shape index (κ1) is 11.0. The van der Waals surface area contributed by atoms with Crippen LogP contribution in [0.15, 0.2) is 16.6 Å². The van der Waals surface area contributed by atoms with Crippen LogP contribution in [-0.2, 0) is 4.79 Å². The van der Waals surface area contributed by atoms with Gasteiger partial charge in [0.25, 0.3) is 0 Å². The second-order valence-electron chi connectivity index (χ2n) is 2.90. The summed E-state index contributed by atoms with van der Waals surface area (Å²) in [5.74, 6) is -2.88. The van der Waals surface area contributed by atoms with Crippen LogP contribution in [0.5, 0.6) is 5.75 Å². The number of benzene rings is 1. The zero-order valence-electron chi connectivity index (χ0n) is 7.29. The highest BCUT2D eigenvalue weighted by atomic mass is 79.9. The molecule has 1 rings (SSSR count). The summed E-state index contributed by atoms with van der Waals surface area (Å²) in [6.07, 6.45) is 0. The molecule has 1 aromatic carbocycles. The van der Waals surface area contributed by atoms with Gasteiger partial charge in [-0.3, -0.25) is 4.79 Å². The van der Waals surface area contributed by atoms with Crippen LogP contribution in [0, 0.1) is 5.82 Å². The molecular formula is C9H8BrFO3. The van der Waals surface area contributed by atoms with E-state index in [1.165, 1.54) is 13.0 Å². The third-order valence-corrected chi connectivity index (χ3v) is 2.69. The van der Waals surface area contributed by atoms with Gasteiger partial charge in [-0.05, 0) is 40.5 Å². The predicted octanol–water partition coefficient (Wildman–Crippen LogP) is 2.48. The van der Waals surface area contributed by atoms with Crippen LogP contribution < -0.4 is 0 Å². The fraction of sp³-hybridized carbons (Fsp3) is 0.222. The lowest BCUT2D eigenvalue weighted by Gasteiger charge is -2.08. The Morgan fingerprint density at radius 3 is 2.57 bits per heavy atom. The molecule has 0 radical (unpaired) electrons. The van der Waals surface area contributed by atoms with Crippen molar-refractivity contribution in [1.82, 2.24) is 0 Å². The zero-order chi connectivity index (χ0) is 10.9. The molecule has 1 aromatic rings. The minimum atomic E-state index is -1.06. The van der Waals surface area contributed by atoms with E-state index in [4.69, 9.17) is 5.11 Å². The van der Waals surface area contributed by atoms with Crippen molar-refractivity contribution in [3.8, 4) is 5.75 Å². The number of rotatable bonds is 2. The van der Waals surface area contributed by atoms with E-state index in [0.717, 1.165) is 6.07 Å². The molecule has 0 fully saturated rings. The number of carboxylic acids is 1. The molecule has 0 spiro atoms. The van der Waals surface area contributed by atoms with Crippen molar-refractivity contribution in [2.24, 2.45) is 0 Å². The summed E-state index contributed by atoms with van der Waals surface area (Å²) >= 11 is 2.83. The summed E-state index contributed by atoms with van der Waals surface area (Å²) < 4.78 is 13.0. The highest BCUT2D eigenvalue weighted by Gasteiger charge is 2.17. The molecule has 2 N–H and O–H groups in total. The van der Waals surface area contributed by atoms with Crippen molar-refractivity contribution in [2.45, 2.75) is 12.8 Å². The SMILES string of the molecule is CC(C(=O)O)c1cc(O)c(Br)c(F)c1. The summed E-state index contributed by atoms with van der Waals surface area (Å²) in [4.78, 5) is 10.6. The van der Waals surface area contributed by atoms with Crippen LogP contribution in [0.2, 0.25) is 0 Å². The molecule has 0 amide bonds. The molecular weight excluding hydrogens is 255 g/mol. The van der Waals surface area contributed by atoms with E-state index in [9.17, 15) is 14.3 Å². The molecule has 0 aliphatic rings.